The lowest BCUT2D eigenvalue weighted by Crippen LogP contribution is -2.46. The fourth-order valence-corrected chi connectivity index (χ4v) is 5.52. The van der Waals surface area contributed by atoms with Crippen molar-refractivity contribution in [2.45, 2.75) is 0 Å². The summed E-state index contributed by atoms with van der Waals surface area (Å²) in [6, 6.07) is 13.9. The van der Waals surface area contributed by atoms with Gasteiger partial charge in [-0.2, -0.15) is 10.2 Å². The Hall–Kier alpha value is -5.34. The highest BCUT2D eigenvalue weighted by atomic mass is 16.5. The number of hydrogen-bond donors (Lipinski definition) is 8. The molecular weight excluding hydrogens is 688 g/mol. The van der Waals surface area contributed by atoms with E-state index in [4.69, 9.17) is 9.47 Å². The molecule has 4 aliphatic heterocycles. The number of carbonyl (C=O) groups is 4. The number of piperazine rings is 2. The number of rotatable bonds is 14. The first-order chi connectivity index (χ1) is 25.4. The Balaban J connectivity index is 0.000000232. The average Bonchev–Trinajstić information content (AvgIpc) is 3.18. The molecule has 0 unspecified atom stereocenters. The van der Waals surface area contributed by atoms with E-state index in [0.717, 1.165) is 88.0 Å². The second-order valence-electron chi connectivity index (χ2n) is 12.2. The zero-order valence-electron chi connectivity index (χ0n) is 29.7. The second-order valence-corrected chi connectivity index (χ2v) is 12.2. The second kappa shape index (κ2) is 21.9. The lowest BCUT2D eigenvalue weighted by atomic mass is 10.1. The highest BCUT2D eigenvalue weighted by Gasteiger charge is 2.15. The Morgan fingerprint density at radius 1 is 0.623 bits per heavy atom. The van der Waals surface area contributed by atoms with Crippen molar-refractivity contribution in [1.29, 1.82) is 0 Å². The molecule has 6 amide bonds. The molecule has 2 aromatic rings. The van der Waals surface area contributed by atoms with Gasteiger partial charge < -0.3 is 46.9 Å². The molecule has 53 heavy (non-hydrogen) atoms. The molecule has 0 aromatic heterocycles. The molecule has 6 rings (SSSR count). The van der Waals surface area contributed by atoms with Crippen LogP contribution < -0.4 is 52.2 Å². The lowest BCUT2D eigenvalue weighted by Gasteiger charge is -2.27. The van der Waals surface area contributed by atoms with Gasteiger partial charge in [0, 0.05) is 78.5 Å². The standard InChI is InChI=1S/2C17H24N6O3.H2O/c2*24-16(19-7-10-23-8-5-18-6-9-23)12-26-14-3-1-13(2-4-14)15-11-20-17(25)22-21-15;/h2*1-4,18H,5-12H2,(H,19,24)(H2,20,22,25);1H2. The van der Waals surface area contributed by atoms with Crippen molar-refractivity contribution in [2.24, 2.45) is 10.2 Å². The summed E-state index contributed by atoms with van der Waals surface area (Å²) in [6.45, 7) is 11.8. The quantitative estimate of drug-likeness (QED) is 0.100. The maximum absolute atomic E-state index is 11.9. The first kappa shape index (κ1) is 40.4. The minimum absolute atomic E-state index is 0. The van der Waals surface area contributed by atoms with Crippen LogP contribution >= 0.6 is 0 Å². The number of hydrogen-bond acceptors (Lipinski definition) is 12. The molecule has 10 N–H and O–H groups in total. The molecule has 0 spiro atoms. The summed E-state index contributed by atoms with van der Waals surface area (Å²) in [5, 5.41) is 25.7. The van der Waals surface area contributed by atoms with Crippen molar-refractivity contribution >= 4 is 35.3 Å². The predicted molar refractivity (Wildman–Crippen MR) is 198 cm³/mol. The van der Waals surface area contributed by atoms with Crippen molar-refractivity contribution in [1.82, 2.24) is 52.6 Å². The molecule has 0 atom stereocenters. The van der Waals surface area contributed by atoms with Gasteiger partial charge in [0.2, 0.25) is 0 Å². The van der Waals surface area contributed by atoms with Gasteiger partial charge in [0.05, 0.1) is 24.5 Å². The smallest absolute Gasteiger partial charge is 0.335 e. The van der Waals surface area contributed by atoms with Crippen LogP contribution in [0.3, 0.4) is 0 Å². The third kappa shape index (κ3) is 14.3. The number of amides is 6. The van der Waals surface area contributed by atoms with Crippen LogP contribution in [0, 0.1) is 0 Å². The Labute approximate surface area is 308 Å². The molecule has 0 aliphatic carbocycles. The first-order valence-corrected chi connectivity index (χ1v) is 17.5. The van der Waals surface area contributed by atoms with Crippen molar-refractivity contribution in [3.63, 3.8) is 0 Å². The van der Waals surface area contributed by atoms with E-state index in [-0.39, 0.29) is 42.6 Å². The maximum atomic E-state index is 11.9. The van der Waals surface area contributed by atoms with E-state index in [9.17, 15) is 19.2 Å². The van der Waals surface area contributed by atoms with Crippen LogP contribution in [0.25, 0.3) is 0 Å². The number of ether oxygens (including phenoxy) is 2. The van der Waals surface area contributed by atoms with E-state index in [0.29, 0.717) is 37.7 Å². The van der Waals surface area contributed by atoms with E-state index < -0.39 is 0 Å². The monoisotopic (exact) mass is 738 g/mol. The summed E-state index contributed by atoms with van der Waals surface area (Å²) in [4.78, 5) is 50.4. The Morgan fingerprint density at radius 3 is 1.34 bits per heavy atom. The number of nitrogens with one attached hydrogen (secondary N) is 8. The number of benzene rings is 2. The van der Waals surface area contributed by atoms with Gasteiger partial charge >= 0.3 is 12.1 Å². The van der Waals surface area contributed by atoms with E-state index in [1.54, 1.807) is 24.3 Å². The van der Waals surface area contributed by atoms with Crippen LogP contribution in [0.2, 0.25) is 0 Å². The number of hydrazone groups is 2. The number of urea groups is 2. The molecule has 288 valence electrons. The molecular formula is C34H50N12O7. The zero-order valence-corrected chi connectivity index (χ0v) is 29.7. The van der Waals surface area contributed by atoms with Crippen LogP contribution in [0.15, 0.2) is 58.7 Å². The average molecular weight is 739 g/mol. The first-order valence-electron chi connectivity index (χ1n) is 17.5. The molecule has 19 nitrogen and oxygen atoms in total. The summed E-state index contributed by atoms with van der Waals surface area (Å²) in [7, 11) is 0. The minimum Gasteiger partial charge on any atom is -0.484 e. The van der Waals surface area contributed by atoms with E-state index in [1.807, 2.05) is 24.3 Å². The van der Waals surface area contributed by atoms with Gasteiger partial charge in [0.1, 0.15) is 11.5 Å². The fraction of sp³-hybridized carbons (Fsp3) is 0.471. The largest absolute Gasteiger partial charge is 0.484 e. The molecule has 4 aliphatic rings. The van der Waals surface area contributed by atoms with Gasteiger partial charge in [0.15, 0.2) is 13.2 Å². The number of nitrogens with zero attached hydrogens (tertiary/aromatic N) is 4. The lowest BCUT2D eigenvalue weighted by molar-refractivity contribution is -0.123. The van der Waals surface area contributed by atoms with Gasteiger partial charge in [-0.1, -0.05) is 0 Å². The van der Waals surface area contributed by atoms with E-state index in [1.165, 1.54) is 0 Å². The molecule has 2 aromatic carbocycles. The van der Waals surface area contributed by atoms with Crippen molar-refractivity contribution < 1.29 is 34.1 Å². The molecule has 0 bridgehead atoms. The zero-order chi connectivity index (χ0) is 36.4. The molecule has 2 saturated heterocycles. The minimum atomic E-state index is -0.309. The summed E-state index contributed by atoms with van der Waals surface area (Å²) < 4.78 is 11.0. The molecule has 0 radical (unpaired) electrons. The van der Waals surface area contributed by atoms with Gasteiger partial charge in [-0.15, -0.1) is 0 Å². The summed E-state index contributed by atoms with van der Waals surface area (Å²) in [5.41, 5.74) is 7.99. The molecule has 19 heteroatoms. The van der Waals surface area contributed by atoms with Gasteiger partial charge in [0.25, 0.3) is 11.8 Å². The highest BCUT2D eigenvalue weighted by Crippen LogP contribution is 2.14. The third-order valence-corrected chi connectivity index (χ3v) is 8.45. The summed E-state index contributed by atoms with van der Waals surface area (Å²) in [6.07, 6.45) is 0. The van der Waals surface area contributed by atoms with Crippen molar-refractivity contribution in [3.8, 4) is 11.5 Å². The Bertz CT molecular complexity index is 1430. The topological polar surface area (TPSA) is 246 Å². The van der Waals surface area contributed by atoms with Gasteiger partial charge in [-0.05, 0) is 59.7 Å². The van der Waals surface area contributed by atoms with Gasteiger partial charge in [-0.3, -0.25) is 19.4 Å². The van der Waals surface area contributed by atoms with Crippen molar-refractivity contribution in [3.05, 3.63) is 59.7 Å². The van der Waals surface area contributed by atoms with Crippen LogP contribution in [-0.2, 0) is 9.59 Å². The van der Waals surface area contributed by atoms with Crippen molar-refractivity contribution in [2.75, 3.05) is 105 Å². The van der Waals surface area contributed by atoms with E-state index >= 15 is 0 Å². The van der Waals surface area contributed by atoms with Crippen LogP contribution in [0.4, 0.5) is 9.59 Å². The predicted octanol–water partition coefficient (Wildman–Crippen LogP) is -2.62. The SMILES string of the molecule is O.O=C(COc1ccc(C2=NNC(=O)NC2)cc1)NCCN1CCNCC1.O=C(COc1ccc(C2=NNC(=O)NC2)cc1)NCCN1CCNCC1. The molecule has 4 heterocycles. The third-order valence-electron chi connectivity index (χ3n) is 8.45. The Kier molecular flexibility index (Phi) is 16.7. The van der Waals surface area contributed by atoms with Crippen LogP contribution in [-0.4, -0.2) is 155 Å². The maximum Gasteiger partial charge on any atom is 0.335 e. The Morgan fingerprint density at radius 2 is 1.00 bits per heavy atom. The highest BCUT2D eigenvalue weighted by molar-refractivity contribution is 6.06. The van der Waals surface area contributed by atoms with Gasteiger partial charge in [-0.25, -0.2) is 20.4 Å². The van der Waals surface area contributed by atoms with Crippen LogP contribution in [0.1, 0.15) is 11.1 Å². The number of carbonyl (C=O) groups excluding carboxylic acids is 4. The molecule has 0 saturated carbocycles. The normalized spacial score (nSPS) is 17.4. The molecule has 2 fully saturated rings. The fourth-order valence-electron chi connectivity index (χ4n) is 5.52. The van der Waals surface area contributed by atoms with Crippen LogP contribution in [0.5, 0.6) is 11.5 Å². The van der Waals surface area contributed by atoms with E-state index in [2.05, 4.69) is 62.8 Å². The summed E-state index contributed by atoms with van der Waals surface area (Å²) in [5.74, 6) is 0.958. The summed E-state index contributed by atoms with van der Waals surface area (Å²) >= 11 is 0.